The molecule has 3 nitrogen and oxygen atoms in total. The Morgan fingerprint density at radius 3 is 0.930 bits per heavy atom. The monoisotopic (exact) mass is 727 g/mol. The van der Waals surface area contributed by atoms with Crippen LogP contribution in [0.1, 0.15) is 0 Å². The fraction of sp³-hybridized carbons (Fsp3) is 0. The third-order valence-corrected chi connectivity index (χ3v) is 11.3. The number of rotatable bonds is 7. The molecular formula is C54H37N3. The summed E-state index contributed by atoms with van der Waals surface area (Å²) in [5, 5.41) is 5.05. The first-order valence-corrected chi connectivity index (χ1v) is 19.5. The number of para-hydroxylation sites is 7. The van der Waals surface area contributed by atoms with E-state index < -0.39 is 0 Å². The van der Waals surface area contributed by atoms with Crippen LogP contribution in [0.5, 0.6) is 0 Å². The van der Waals surface area contributed by atoms with Crippen molar-refractivity contribution in [2.24, 2.45) is 0 Å². The standard InChI is InChI=1S/C54H37N3/c1-2-16-40(17-3-1)55(41-34-30-38(31-35-41)43-18-4-10-24-49(43)56-51-26-12-6-20-45(51)46-21-7-13-27-52(46)56)42-36-32-39(33-37-42)44-19-5-11-25-50(44)57-53-28-14-8-22-47(53)48-23-9-15-29-54(48)57/h1-37H. The van der Waals surface area contributed by atoms with E-state index in [1.54, 1.807) is 0 Å². The lowest BCUT2D eigenvalue weighted by Gasteiger charge is -2.26. The summed E-state index contributed by atoms with van der Waals surface area (Å²) in [7, 11) is 0. The third-order valence-electron chi connectivity index (χ3n) is 11.3. The average molecular weight is 728 g/mol. The van der Waals surface area contributed by atoms with Crippen LogP contribution < -0.4 is 4.90 Å². The summed E-state index contributed by atoms with van der Waals surface area (Å²) in [6.45, 7) is 0. The second-order valence-electron chi connectivity index (χ2n) is 14.5. The van der Waals surface area contributed by atoms with Crippen LogP contribution in [-0.4, -0.2) is 9.13 Å². The topological polar surface area (TPSA) is 13.1 Å². The van der Waals surface area contributed by atoms with Crippen molar-refractivity contribution in [3.05, 3.63) is 224 Å². The third kappa shape index (κ3) is 5.43. The summed E-state index contributed by atoms with van der Waals surface area (Å²) >= 11 is 0. The molecule has 0 radical (unpaired) electrons. The molecule has 268 valence electrons. The summed E-state index contributed by atoms with van der Waals surface area (Å²) in [5.41, 5.74) is 15.2. The van der Waals surface area contributed by atoms with Crippen molar-refractivity contribution in [3.8, 4) is 33.6 Å². The molecule has 9 aromatic carbocycles. The van der Waals surface area contributed by atoms with Gasteiger partial charge in [0.1, 0.15) is 0 Å². The molecule has 0 unspecified atom stereocenters. The van der Waals surface area contributed by atoms with Gasteiger partial charge in [0.05, 0.1) is 33.4 Å². The smallest absolute Gasteiger partial charge is 0.0541 e. The summed E-state index contributed by atoms with van der Waals surface area (Å²) in [4.78, 5) is 2.34. The molecule has 0 aliphatic carbocycles. The lowest BCUT2D eigenvalue weighted by Crippen LogP contribution is -2.09. The minimum absolute atomic E-state index is 1.10. The van der Waals surface area contributed by atoms with Crippen LogP contribution in [0, 0.1) is 0 Å². The Morgan fingerprint density at radius 1 is 0.246 bits per heavy atom. The van der Waals surface area contributed by atoms with Gasteiger partial charge in [-0.2, -0.15) is 0 Å². The van der Waals surface area contributed by atoms with Crippen LogP contribution >= 0.6 is 0 Å². The normalized spacial score (nSPS) is 11.5. The van der Waals surface area contributed by atoms with Crippen LogP contribution in [0.2, 0.25) is 0 Å². The van der Waals surface area contributed by atoms with Gasteiger partial charge < -0.3 is 14.0 Å². The Balaban J connectivity index is 0.985. The second kappa shape index (κ2) is 13.6. The molecular weight excluding hydrogens is 691 g/mol. The van der Waals surface area contributed by atoms with Gasteiger partial charge >= 0.3 is 0 Å². The number of aromatic nitrogens is 2. The minimum atomic E-state index is 1.10. The first-order valence-electron chi connectivity index (χ1n) is 19.5. The van der Waals surface area contributed by atoms with Crippen molar-refractivity contribution in [2.45, 2.75) is 0 Å². The molecule has 0 fully saturated rings. The molecule has 0 saturated carbocycles. The minimum Gasteiger partial charge on any atom is -0.311 e. The van der Waals surface area contributed by atoms with E-state index in [0.717, 1.165) is 17.1 Å². The highest BCUT2D eigenvalue weighted by Gasteiger charge is 2.18. The van der Waals surface area contributed by atoms with Crippen LogP contribution in [0.4, 0.5) is 17.1 Å². The van der Waals surface area contributed by atoms with Gasteiger partial charge in [-0.1, -0.05) is 152 Å². The fourth-order valence-electron chi connectivity index (χ4n) is 8.79. The Bertz CT molecular complexity index is 2920. The largest absolute Gasteiger partial charge is 0.311 e. The second-order valence-corrected chi connectivity index (χ2v) is 14.5. The van der Waals surface area contributed by atoms with Crippen LogP contribution in [0.3, 0.4) is 0 Å². The van der Waals surface area contributed by atoms with E-state index in [1.165, 1.54) is 77.2 Å². The zero-order chi connectivity index (χ0) is 37.7. The molecule has 11 rings (SSSR count). The van der Waals surface area contributed by atoms with Crippen molar-refractivity contribution in [1.82, 2.24) is 9.13 Å². The van der Waals surface area contributed by atoms with Gasteiger partial charge in [0.25, 0.3) is 0 Å². The first kappa shape index (κ1) is 32.8. The molecule has 11 aromatic rings. The maximum absolute atomic E-state index is 2.41. The van der Waals surface area contributed by atoms with E-state index >= 15 is 0 Å². The van der Waals surface area contributed by atoms with E-state index in [-0.39, 0.29) is 0 Å². The maximum atomic E-state index is 2.41. The number of anilines is 3. The quantitative estimate of drug-likeness (QED) is 0.159. The molecule has 2 heterocycles. The van der Waals surface area contributed by atoms with Crippen molar-refractivity contribution in [3.63, 3.8) is 0 Å². The van der Waals surface area contributed by atoms with E-state index in [0.29, 0.717) is 0 Å². The van der Waals surface area contributed by atoms with Gasteiger partial charge in [-0.3, -0.25) is 0 Å². The van der Waals surface area contributed by atoms with Gasteiger partial charge in [-0.15, -0.1) is 0 Å². The van der Waals surface area contributed by atoms with E-state index in [1.807, 2.05) is 0 Å². The number of nitrogens with zero attached hydrogens (tertiary/aromatic N) is 3. The summed E-state index contributed by atoms with van der Waals surface area (Å²) < 4.78 is 4.82. The van der Waals surface area contributed by atoms with Gasteiger partial charge in [-0.05, 0) is 83.9 Å². The lowest BCUT2D eigenvalue weighted by atomic mass is 10.0. The zero-order valence-corrected chi connectivity index (χ0v) is 31.2. The molecule has 0 amide bonds. The van der Waals surface area contributed by atoms with Crippen LogP contribution in [0.25, 0.3) is 77.2 Å². The van der Waals surface area contributed by atoms with Gasteiger partial charge in [0.15, 0.2) is 0 Å². The molecule has 0 aliphatic heterocycles. The number of hydrogen-bond acceptors (Lipinski definition) is 1. The molecule has 0 atom stereocenters. The number of hydrogen-bond donors (Lipinski definition) is 0. The molecule has 0 saturated heterocycles. The predicted molar refractivity (Wildman–Crippen MR) is 241 cm³/mol. The van der Waals surface area contributed by atoms with E-state index in [9.17, 15) is 0 Å². The fourth-order valence-corrected chi connectivity index (χ4v) is 8.79. The summed E-state index contributed by atoms with van der Waals surface area (Å²) in [5.74, 6) is 0. The zero-order valence-electron chi connectivity index (χ0n) is 31.2. The molecule has 2 aromatic heterocycles. The molecule has 0 N–H and O–H groups in total. The Hall–Kier alpha value is -7.62. The highest BCUT2D eigenvalue weighted by atomic mass is 15.1. The summed E-state index contributed by atoms with van der Waals surface area (Å²) in [6, 6.07) is 81.0. The molecule has 0 aliphatic rings. The lowest BCUT2D eigenvalue weighted by molar-refractivity contribution is 1.18. The van der Waals surface area contributed by atoms with Crippen molar-refractivity contribution < 1.29 is 0 Å². The highest BCUT2D eigenvalue weighted by molar-refractivity contribution is 6.11. The SMILES string of the molecule is c1ccc(N(c2ccc(-c3ccccc3-n3c4ccccc4c4ccccc43)cc2)c2ccc(-c3ccccc3-n3c4ccccc4c4ccccc43)cc2)cc1. The Morgan fingerprint density at radius 2 is 0.544 bits per heavy atom. The van der Waals surface area contributed by atoms with E-state index in [4.69, 9.17) is 0 Å². The van der Waals surface area contributed by atoms with Crippen LogP contribution in [-0.2, 0) is 0 Å². The Kier molecular flexibility index (Phi) is 7.82. The maximum Gasteiger partial charge on any atom is 0.0541 e. The van der Waals surface area contributed by atoms with Gasteiger partial charge in [-0.25, -0.2) is 0 Å². The van der Waals surface area contributed by atoms with Gasteiger partial charge in [0.2, 0.25) is 0 Å². The average Bonchev–Trinajstić information content (AvgIpc) is 3.80. The van der Waals surface area contributed by atoms with E-state index in [2.05, 4.69) is 238 Å². The van der Waals surface area contributed by atoms with Crippen molar-refractivity contribution in [2.75, 3.05) is 4.90 Å². The molecule has 57 heavy (non-hydrogen) atoms. The van der Waals surface area contributed by atoms with Crippen molar-refractivity contribution >= 4 is 60.7 Å². The summed E-state index contributed by atoms with van der Waals surface area (Å²) in [6.07, 6.45) is 0. The highest BCUT2D eigenvalue weighted by Crippen LogP contribution is 2.41. The van der Waals surface area contributed by atoms with Crippen molar-refractivity contribution in [1.29, 1.82) is 0 Å². The molecule has 0 bridgehead atoms. The first-order chi connectivity index (χ1) is 28.3. The Labute approximate surface area is 331 Å². The van der Waals surface area contributed by atoms with Crippen LogP contribution in [0.15, 0.2) is 224 Å². The molecule has 3 heteroatoms. The molecule has 0 spiro atoms. The number of benzene rings is 9. The number of fused-ring (bicyclic) bond motifs is 6. The van der Waals surface area contributed by atoms with Gasteiger partial charge in [0, 0.05) is 49.7 Å². The predicted octanol–water partition coefficient (Wildman–Crippen LogP) is 14.7.